The van der Waals surface area contributed by atoms with E-state index in [1.54, 1.807) is 0 Å². The minimum atomic E-state index is 0.316. The molecule has 16 heavy (non-hydrogen) atoms. The first-order chi connectivity index (χ1) is 7.72. The molecule has 1 aliphatic rings. The molecule has 0 saturated heterocycles. The van der Waals surface area contributed by atoms with Crippen molar-refractivity contribution in [1.29, 1.82) is 0 Å². The Balaban J connectivity index is 2.09. The van der Waals surface area contributed by atoms with Gasteiger partial charge >= 0.3 is 0 Å². The van der Waals surface area contributed by atoms with Crippen LogP contribution in [0.3, 0.4) is 0 Å². The van der Waals surface area contributed by atoms with E-state index in [9.17, 15) is 0 Å². The van der Waals surface area contributed by atoms with Gasteiger partial charge in [-0.15, -0.1) is 0 Å². The Morgan fingerprint density at radius 2 is 2.25 bits per heavy atom. The van der Waals surface area contributed by atoms with Crippen LogP contribution in [0.5, 0.6) is 0 Å². The van der Waals surface area contributed by atoms with E-state index in [1.807, 2.05) is 17.9 Å². The summed E-state index contributed by atoms with van der Waals surface area (Å²) in [4.78, 5) is 2.43. The summed E-state index contributed by atoms with van der Waals surface area (Å²) in [6.07, 6.45) is 9.35. The third-order valence-corrected chi connectivity index (χ3v) is 3.73. The van der Waals surface area contributed by atoms with Gasteiger partial charge in [0.1, 0.15) is 0 Å². The molecule has 1 saturated carbocycles. The zero-order valence-corrected chi connectivity index (χ0v) is 10.3. The lowest BCUT2D eigenvalue weighted by Crippen LogP contribution is -2.37. The molecule has 2 rings (SSSR count). The standard InChI is InChI=1S/C12H22N4/c1-15-9-10(8-14-15)12(7-13)16(2)11-5-3-4-6-11/h8-9,11-12H,3-7,13H2,1-2H3. The summed E-state index contributed by atoms with van der Waals surface area (Å²) < 4.78 is 1.85. The maximum Gasteiger partial charge on any atom is 0.0538 e. The molecule has 0 bridgehead atoms. The van der Waals surface area contributed by atoms with Crippen LogP contribution in [-0.4, -0.2) is 34.3 Å². The van der Waals surface area contributed by atoms with E-state index in [4.69, 9.17) is 5.73 Å². The summed E-state index contributed by atoms with van der Waals surface area (Å²) in [7, 11) is 4.15. The smallest absolute Gasteiger partial charge is 0.0538 e. The molecular formula is C12H22N4. The average molecular weight is 222 g/mol. The van der Waals surface area contributed by atoms with Crippen molar-refractivity contribution in [2.45, 2.75) is 37.8 Å². The summed E-state index contributed by atoms with van der Waals surface area (Å²) in [6, 6.07) is 1.02. The normalized spacial score (nSPS) is 19.5. The van der Waals surface area contributed by atoms with Crippen molar-refractivity contribution in [3.8, 4) is 0 Å². The molecule has 0 spiro atoms. The number of hydrogen-bond donors (Lipinski definition) is 1. The summed E-state index contributed by atoms with van der Waals surface area (Å²) in [5.41, 5.74) is 7.14. The largest absolute Gasteiger partial charge is 0.329 e. The van der Waals surface area contributed by atoms with E-state index < -0.39 is 0 Å². The zero-order chi connectivity index (χ0) is 11.5. The summed E-state index contributed by atoms with van der Waals surface area (Å²) in [5, 5.41) is 4.23. The van der Waals surface area contributed by atoms with Gasteiger partial charge in [0, 0.05) is 31.4 Å². The number of nitrogens with two attached hydrogens (primary N) is 1. The molecule has 0 radical (unpaired) electrons. The van der Waals surface area contributed by atoms with Gasteiger partial charge in [-0.1, -0.05) is 12.8 Å². The van der Waals surface area contributed by atoms with Crippen molar-refractivity contribution >= 4 is 0 Å². The predicted octanol–water partition coefficient (Wildman–Crippen LogP) is 1.29. The molecular weight excluding hydrogens is 200 g/mol. The van der Waals surface area contributed by atoms with Crippen LogP contribution < -0.4 is 5.73 Å². The van der Waals surface area contributed by atoms with E-state index in [-0.39, 0.29) is 0 Å². The van der Waals surface area contributed by atoms with Gasteiger partial charge in [-0.3, -0.25) is 9.58 Å². The van der Waals surface area contributed by atoms with Crippen molar-refractivity contribution in [3.05, 3.63) is 18.0 Å². The van der Waals surface area contributed by atoms with Crippen LogP contribution in [0, 0.1) is 0 Å². The lowest BCUT2D eigenvalue weighted by molar-refractivity contribution is 0.179. The molecule has 2 N–H and O–H groups in total. The number of rotatable bonds is 4. The van der Waals surface area contributed by atoms with Crippen LogP contribution in [-0.2, 0) is 7.05 Å². The molecule has 4 nitrogen and oxygen atoms in total. The number of aryl methyl sites for hydroxylation is 1. The topological polar surface area (TPSA) is 47.1 Å². The van der Waals surface area contributed by atoms with E-state index in [1.165, 1.54) is 31.2 Å². The Labute approximate surface area is 97.4 Å². The molecule has 4 heteroatoms. The Hall–Kier alpha value is -0.870. The molecule has 0 aromatic carbocycles. The van der Waals surface area contributed by atoms with Crippen LogP contribution in [0.25, 0.3) is 0 Å². The minimum absolute atomic E-state index is 0.316. The Morgan fingerprint density at radius 1 is 1.56 bits per heavy atom. The molecule has 1 heterocycles. The molecule has 1 atom stereocenters. The number of aromatic nitrogens is 2. The van der Waals surface area contributed by atoms with Gasteiger partial charge in [-0.25, -0.2) is 0 Å². The Morgan fingerprint density at radius 3 is 2.75 bits per heavy atom. The van der Waals surface area contributed by atoms with Crippen LogP contribution in [0.2, 0.25) is 0 Å². The first kappa shape index (κ1) is 11.6. The highest BCUT2D eigenvalue weighted by Crippen LogP contribution is 2.28. The van der Waals surface area contributed by atoms with Gasteiger partial charge in [0.2, 0.25) is 0 Å². The van der Waals surface area contributed by atoms with Crippen LogP contribution in [0.1, 0.15) is 37.3 Å². The fraction of sp³-hybridized carbons (Fsp3) is 0.750. The Kier molecular flexibility index (Phi) is 3.61. The molecule has 0 amide bonds. The SMILES string of the molecule is CN(C1CCCC1)C(CN)c1cnn(C)c1. The molecule has 1 fully saturated rings. The number of hydrogen-bond acceptors (Lipinski definition) is 3. The van der Waals surface area contributed by atoms with Gasteiger partial charge in [0.15, 0.2) is 0 Å². The van der Waals surface area contributed by atoms with Crippen LogP contribution >= 0.6 is 0 Å². The summed E-state index contributed by atoms with van der Waals surface area (Å²) >= 11 is 0. The van der Waals surface area contributed by atoms with E-state index >= 15 is 0 Å². The zero-order valence-electron chi connectivity index (χ0n) is 10.3. The quantitative estimate of drug-likeness (QED) is 0.835. The Bertz CT molecular complexity index is 328. The lowest BCUT2D eigenvalue weighted by atomic mass is 10.1. The third-order valence-electron chi connectivity index (χ3n) is 3.73. The molecule has 1 aromatic rings. The first-order valence-electron chi connectivity index (χ1n) is 6.13. The first-order valence-corrected chi connectivity index (χ1v) is 6.13. The second-order valence-electron chi connectivity index (χ2n) is 4.80. The molecule has 0 aliphatic heterocycles. The summed E-state index contributed by atoms with van der Waals surface area (Å²) in [5.74, 6) is 0. The lowest BCUT2D eigenvalue weighted by Gasteiger charge is -2.31. The minimum Gasteiger partial charge on any atom is -0.329 e. The van der Waals surface area contributed by atoms with Gasteiger partial charge in [0.25, 0.3) is 0 Å². The van der Waals surface area contributed by atoms with Crippen molar-refractivity contribution in [3.63, 3.8) is 0 Å². The maximum absolute atomic E-state index is 5.90. The fourth-order valence-corrected chi connectivity index (χ4v) is 2.72. The fourth-order valence-electron chi connectivity index (χ4n) is 2.72. The number of likely N-dealkylation sites (N-methyl/N-ethyl adjacent to an activating group) is 1. The van der Waals surface area contributed by atoms with Crippen LogP contribution in [0.15, 0.2) is 12.4 Å². The van der Waals surface area contributed by atoms with Gasteiger partial charge < -0.3 is 5.73 Å². The van der Waals surface area contributed by atoms with Crippen molar-refractivity contribution in [2.24, 2.45) is 12.8 Å². The van der Waals surface area contributed by atoms with E-state index in [2.05, 4.69) is 23.2 Å². The maximum atomic E-state index is 5.90. The van der Waals surface area contributed by atoms with Crippen molar-refractivity contribution in [1.82, 2.24) is 14.7 Å². The molecule has 1 aromatic heterocycles. The monoisotopic (exact) mass is 222 g/mol. The van der Waals surface area contributed by atoms with E-state index in [0.29, 0.717) is 18.6 Å². The highest BCUT2D eigenvalue weighted by atomic mass is 15.3. The highest BCUT2D eigenvalue weighted by molar-refractivity contribution is 5.11. The van der Waals surface area contributed by atoms with Gasteiger partial charge in [-0.2, -0.15) is 5.10 Å². The van der Waals surface area contributed by atoms with Gasteiger partial charge in [-0.05, 0) is 19.9 Å². The molecule has 1 unspecified atom stereocenters. The van der Waals surface area contributed by atoms with Crippen molar-refractivity contribution < 1.29 is 0 Å². The van der Waals surface area contributed by atoms with Crippen molar-refractivity contribution in [2.75, 3.05) is 13.6 Å². The predicted molar refractivity (Wildman–Crippen MR) is 65.0 cm³/mol. The average Bonchev–Trinajstić information content (AvgIpc) is 2.90. The van der Waals surface area contributed by atoms with Gasteiger partial charge in [0.05, 0.1) is 12.2 Å². The van der Waals surface area contributed by atoms with E-state index in [0.717, 1.165) is 0 Å². The second-order valence-corrected chi connectivity index (χ2v) is 4.80. The molecule has 1 aliphatic carbocycles. The molecule has 90 valence electrons. The third kappa shape index (κ3) is 2.28. The highest BCUT2D eigenvalue weighted by Gasteiger charge is 2.26. The van der Waals surface area contributed by atoms with Crippen LogP contribution in [0.4, 0.5) is 0 Å². The summed E-state index contributed by atoms with van der Waals surface area (Å²) in [6.45, 7) is 0.665. The number of nitrogens with zero attached hydrogens (tertiary/aromatic N) is 3. The second kappa shape index (κ2) is 4.97.